The first-order valence-electron chi connectivity index (χ1n) is 9.36. The first-order chi connectivity index (χ1) is 13.4. The van der Waals surface area contributed by atoms with Gasteiger partial charge < -0.3 is 14.2 Å². The Hall–Kier alpha value is -2.43. The molecule has 0 spiro atoms. The quantitative estimate of drug-likeness (QED) is 0.777. The molecule has 152 valence electrons. The summed E-state index contributed by atoms with van der Waals surface area (Å²) in [4.78, 5) is 15.7. The van der Waals surface area contributed by atoms with E-state index in [2.05, 4.69) is 25.0 Å². The summed E-state index contributed by atoms with van der Waals surface area (Å²) in [6, 6.07) is 2.01. The number of nitrogens with zero attached hydrogens (tertiary/aromatic N) is 7. The third kappa shape index (κ3) is 4.18. The highest BCUT2D eigenvalue weighted by atomic mass is 19.4. The number of hydrogen-bond donors (Lipinski definition) is 0. The molecule has 0 aliphatic carbocycles. The molecule has 0 radical (unpaired) electrons. The maximum absolute atomic E-state index is 12.6. The molecule has 0 unspecified atom stereocenters. The minimum absolute atomic E-state index is 0.0242. The van der Waals surface area contributed by atoms with Crippen molar-refractivity contribution in [2.45, 2.75) is 32.5 Å². The van der Waals surface area contributed by atoms with Gasteiger partial charge in [-0.2, -0.15) is 18.2 Å². The van der Waals surface area contributed by atoms with Gasteiger partial charge in [0.1, 0.15) is 5.82 Å². The highest BCUT2D eigenvalue weighted by molar-refractivity contribution is 5.46. The molecule has 28 heavy (non-hydrogen) atoms. The average Bonchev–Trinajstić information content (AvgIpc) is 3.33. The van der Waals surface area contributed by atoms with E-state index in [9.17, 15) is 13.2 Å². The van der Waals surface area contributed by atoms with Crippen molar-refractivity contribution in [2.75, 3.05) is 49.1 Å². The van der Waals surface area contributed by atoms with Gasteiger partial charge >= 0.3 is 12.1 Å². The van der Waals surface area contributed by atoms with E-state index in [1.807, 2.05) is 17.9 Å². The first-order valence-corrected chi connectivity index (χ1v) is 9.36. The fraction of sp³-hybridized carbons (Fsp3) is 0.647. The largest absolute Gasteiger partial charge is 0.470 e. The van der Waals surface area contributed by atoms with Crippen LogP contribution in [0.1, 0.15) is 30.3 Å². The Morgan fingerprint density at radius 3 is 2.32 bits per heavy atom. The Labute approximate surface area is 160 Å². The summed E-state index contributed by atoms with van der Waals surface area (Å²) in [5, 5.41) is 6.57. The van der Waals surface area contributed by atoms with Gasteiger partial charge in [-0.05, 0) is 19.8 Å². The Morgan fingerprint density at radius 1 is 0.964 bits per heavy atom. The smallest absolute Gasteiger partial charge is 0.416 e. The molecule has 0 bridgehead atoms. The van der Waals surface area contributed by atoms with E-state index in [-0.39, 0.29) is 12.4 Å². The molecular formula is C17H22F3N7O. The Bertz CT molecular complexity index is 811. The van der Waals surface area contributed by atoms with E-state index < -0.39 is 12.1 Å². The third-order valence-electron chi connectivity index (χ3n) is 4.98. The van der Waals surface area contributed by atoms with Gasteiger partial charge in [-0.15, -0.1) is 10.2 Å². The van der Waals surface area contributed by atoms with E-state index in [1.165, 1.54) is 12.8 Å². The van der Waals surface area contributed by atoms with Crippen molar-refractivity contribution < 1.29 is 17.6 Å². The third-order valence-corrected chi connectivity index (χ3v) is 4.98. The highest BCUT2D eigenvalue weighted by Gasteiger charge is 2.38. The van der Waals surface area contributed by atoms with E-state index >= 15 is 0 Å². The molecule has 2 aliphatic rings. The number of hydrogen-bond acceptors (Lipinski definition) is 8. The molecule has 8 nitrogen and oxygen atoms in total. The van der Waals surface area contributed by atoms with Crippen LogP contribution in [0.25, 0.3) is 0 Å². The number of piperazine rings is 1. The summed E-state index contributed by atoms with van der Waals surface area (Å²) in [5.41, 5.74) is 0.930. The monoisotopic (exact) mass is 397 g/mol. The second-order valence-electron chi connectivity index (χ2n) is 7.12. The maximum atomic E-state index is 12.6. The number of halogens is 3. The Kier molecular flexibility index (Phi) is 5.09. The van der Waals surface area contributed by atoms with E-state index in [0.29, 0.717) is 32.1 Å². The standard InChI is InChI=1S/C17H22F3N7O/c1-12-10-13(26-4-2-3-5-26)22-16(21-12)27-8-6-25(7-9-27)11-14-23-24-15(28-14)17(18,19)20/h10H,2-9,11H2,1H3. The van der Waals surface area contributed by atoms with Crippen LogP contribution in [0.2, 0.25) is 0 Å². The lowest BCUT2D eigenvalue weighted by Gasteiger charge is -2.34. The van der Waals surface area contributed by atoms with E-state index in [1.54, 1.807) is 0 Å². The van der Waals surface area contributed by atoms with Crippen molar-refractivity contribution in [3.8, 4) is 0 Å². The van der Waals surface area contributed by atoms with Crippen molar-refractivity contribution in [2.24, 2.45) is 0 Å². The zero-order valence-corrected chi connectivity index (χ0v) is 15.6. The van der Waals surface area contributed by atoms with Crippen molar-refractivity contribution in [1.82, 2.24) is 25.1 Å². The summed E-state index contributed by atoms with van der Waals surface area (Å²) in [6.07, 6.45) is -2.24. The van der Waals surface area contributed by atoms with Gasteiger partial charge in [-0.3, -0.25) is 4.90 Å². The van der Waals surface area contributed by atoms with E-state index in [4.69, 9.17) is 9.40 Å². The Balaban J connectivity index is 1.37. The molecule has 4 rings (SSSR count). The van der Waals surface area contributed by atoms with Crippen LogP contribution in [0.3, 0.4) is 0 Å². The second-order valence-corrected chi connectivity index (χ2v) is 7.12. The molecule has 0 aromatic carbocycles. The molecule has 0 N–H and O–H groups in total. The lowest BCUT2D eigenvalue weighted by atomic mass is 10.3. The summed E-state index contributed by atoms with van der Waals surface area (Å²) in [5.74, 6) is 0.347. The van der Waals surface area contributed by atoms with Crippen LogP contribution in [-0.4, -0.2) is 64.3 Å². The SMILES string of the molecule is Cc1cc(N2CCCC2)nc(N2CCN(Cc3nnc(C(F)(F)F)o3)CC2)n1. The first kappa shape index (κ1) is 18.9. The lowest BCUT2D eigenvalue weighted by Crippen LogP contribution is -2.46. The van der Waals surface area contributed by atoms with Crippen molar-refractivity contribution >= 4 is 11.8 Å². The van der Waals surface area contributed by atoms with Crippen molar-refractivity contribution in [3.05, 3.63) is 23.5 Å². The predicted octanol–water partition coefficient (Wildman–Crippen LogP) is 2.11. The second kappa shape index (κ2) is 7.53. The molecule has 0 amide bonds. The molecule has 4 heterocycles. The van der Waals surface area contributed by atoms with E-state index in [0.717, 1.165) is 24.6 Å². The van der Waals surface area contributed by atoms with Crippen molar-refractivity contribution in [1.29, 1.82) is 0 Å². The molecule has 11 heteroatoms. The highest BCUT2D eigenvalue weighted by Crippen LogP contribution is 2.28. The number of rotatable bonds is 4. The topological polar surface area (TPSA) is 74.4 Å². The average molecular weight is 397 g/mol. The molecule has 2 aliphatic heterocycles. The normalized spacial score (nSPS) is 18.9. The Morgan fingerprint density at radius 2 is 1.68 bits per heavy atom. The summed E-state index contributed by atoms with van der Waals surface area (Å²) in [7, 11) is 0. The van der Waals surface area contributed by atoms with Crippen LogP contribution in [0, 0.1) is 6.92 Å². The zero-order valence-electron chi connectivity index (χ0n) is 15.6. The molecule has 2 saturated heterocycles. The van der Waals surface area contributed by atoms with Crippen LogP contribution >= 0.6 is 0 Å². The van der Waals surface area contributed by atoms with Crippen molar-refractivity contribution in [3.63, 3.8) is 0 Å². The number of aromatic nitrogens is 4. The number of alkyl halides is 3. The minimum atomic E-state index is -4.61. The molecule has 0 atom stereocenters. The lowest BCUT2D eigenvalue weighted by molar-refractivity contribution is -0.157. The zero-order chi connectivity index (χ0) is 19.7. The molecule has 0 saturated carbocycles. The summed E-state index contributed by atoms with van der Waals surface area (Å²) >= 11 is 0. The van der Waals surface area contributed by atoms with Gasteiger partial charge in [-0.1, -0.05) is 0 Å². The van der Waals surface area contributed by atoms with Crippen LogP contribution in [0.4, 0.5) is 24.9 Å². The van der Waals surface area contributed by atoms with Crippen LogP contribution < -0.4 is 9.80 Å². The maximum Gasteiger partial charge on any atom is 0.470 e. The summed E-state index contributed by atoms with van der Waals surface area (Å²) in [6.45, 7) is 6.88. The van der Waals surface area contributed by atoms with Crippen LogP contribution in [0.15, 0.2) is 10.5 Å². The molecular weight excluding hydrogens is 375 g/mol. The minimum Gasteiger partial charge on any atom is -0.416 e. The molecule has 2 fully saturated rings. The van der Waals surface area contributed by atoms with Gasteiger partial charge in [0.2, 0.25) is 11.8 Å². The van der Waals surface area contributed by atoms with Gasteiger partial charge in [0.05, 0.1) is 6.54 Å². The van der Waals surface area contributed by atoms with Gasteiger partial charge in [0.25, 0.3) is 0 Å². The van der Waals surface area contributed by atoms with Crippen LogP contribution in [-0.2, 0) is 12.7 Å². The fourth-order valence-electron chi connectivity index (χ4n) is 3.52. The fourth-order valence-corrected chi connectivity index (χ4v) is 3.52. The predicted molar refractivity (Wildman–Crippen MR) is 95.0 cm³/mol. The molecule has 2 aromatic rings. The number of aryl methyl sites for hydroxylation is 1. The summed E-state index contributed by atoms with van der Waals surface area (Å²) < 4.78 is 42.4. The van der Waals surface area contributed by atoms with Gasteiger partial charge in [0.15, 0.2) is 0 Å². The van der Waals surface area contributed by atoms with Crippen LogP contribution in [0.5, 0.6) is 0 Å². The van der Waals surface area contributed by atoms with Gasteiger partial charge in [0, 0.05) is 51.0 Å². The number of anilines is 2. The van der Waals surface area contributed by atoms with Gasteiger partial charge in [-0.25, -0.2) is 4.98 Å². The molecule has 2 aromatic heterocycles.